The van der Waals surface area contributed by atoms with E-state index in [-0.39, 0.29) is 0 Å². The number of guanidine groups is 1. The van der Waals surface area contributed by atoms with Gasteiger partial charge in [0, 0.05) is 24.5 Å². The lowest BCUT2D eigenvalue weighted by Gasteiger charge is -2.17. The average Bonchev–Trinajstić information content (AvgIpc) is 2.99. The number of aromatic nitrogens is 3. The van der Waals surface area contributed by atoms with E-state index in [2.05, 4.69) is 53.6 Å². The Bertz CT molecular complexity index is 717. The van der Waals surface area contributed by atoms with Crippen LogP contribution in [-0.2, 0) is 6.54 Å². The van der Waals surface area contributed by atoms with Crippen molar-refractivity contribution >= 4 is 5.96 Å². The molecule has 148 valence electrons. The second-order valence-electron chi connectivity index (χ2n) is 7.10. The Balaban J connectivity index is 1.97. The van der Waals surface area contributed by atoms with Gasteiger partial charge in [-0.3, -0.25) is 0 Å². The zero-order chi connectivity index (χ0) is 19.6. The van der Waals surface area contributed by atoms with Crippen molar-refractivity contribution in [3.05, 3.63) is 41.3 Å². The van der Waals surface area contributed by atoms with E-state index < -0.39 is 0 Å². The molecule has 2 heterocycles. The Labute approximate surface area is 163 Å². The molecule has 2 aromatic rings. The highest BCUT2D eigenvalue weighted by atomic mass is 15.3. The lowest BCUT2D eigenvalue weighted by atomic mass is 10.1. The van der Waals surface area contributed by atoms with Crippen molar-refractivity contribution in [1.29, 1.82) is 0 Å². The molecular formula is C21H34N6. The van der Waals surface area contributed by atoms with Crippen LogP contribution in [0.5, 0.6) is 0 Å². The van der Waals surface area contributed by atoms with Gasteiger partial charge < -0.3 is 10.6 Å². The molecule has 0 amide bonds. The van der Waals surface area contributed by atoms with E-state index in [1.54, 1.807) is 0 Å². The molecule has 0 bridgehead atoms. The fraction of sp³-hybridized carbons (Fsp3) is 0.571. The van der Waals surface area contributed by atoms with E-state index in [0.29, 0.717) is 12.6 Å². The second-order valence-corrected chi connectivity index (χ2v) is 7.10. The van der Waals surface area contributed by atoms with Crippen LogP contribution in [0.3, 0.4) is 0 Å². The van der Waals surface area contributed by atoms with Gasteiger partial charge in [-0.25, -0.2) is 14.7 Å². The molecule has 1 atom stereocenters. The minimum Gasteiger partial charge on any atom is -0.357 e. The Hall–Kier alpha value is -2.37. The molecule has 0 aliphatic carbocycles. The molecule has 1 unspecified atom stereocenters. The SMILES string of the molecule is CCCCCC(C)NC(=NCc1ccc(-n2nc(C)cc2C)nc1)NCC. The van der Waals surface area contributed by atoms with Crippen molar-refractivity contribution in [3.8, 4) is 5.82 Å². The summed E-state index contributed by atoms with van der Waals surface area (Å²) < 4.78 is 1.87. The van der Waals surface area contributed by atoms with Gasteiger partial charge >= 0.3 is 0 Å². The van der Waals surface area contributed by atoms with Crippen molar-refractivity contribution in [3.63, 3.8) is 0 Å². The average molecular weight is 371 g/mol. The first-order valence-corrected chi connectivity index (χ1v) is 10.1. The van der Waals surface area contributed by atoms with Gasteiger partial charge in [-0.2, -0.15) is 5.10 Å². The first kappa shape index (κ1) is 20.9. The minimum atomic E-state index is 0.417. The standard InChI is InChI=1S/C21H34N6/c1-6-8-9-10-16(3)25-21(22-7-2)24-15-19-11-12-20(23-14-19)27-18(5)13-17(4)26-27/h11-14,16H,6-10,15H2,1-5H3,(H2,22,24,25). The van der Waals surface area contributed by atoms with Crippen LogP contribution in [0.1, 0.15) is 63.4 Å². The molecule has 6 heteroatoms. The smallest absolute Gasteiger partial charge is 0.191 e. The summed E-state index contributed by atoms with van der Waals surface area (Å²) in [7, 11) is 0. The van der Waals surface area contributed by atoms with Gasteiger partial charge in [0.25, 0.3) is 0 Å². The van der Waals surface area contributed by atoms with Crippen molar-refractivity contribution in [1.82, 2.24) is 25.4 Å². The quantitative estimate of drug-likeness (QED) is 0.399. The number of hydrogen-bond acceptors (Lipinski definition) is 3. The Morgan fingerprint density at radius 2 is 2.04 bits per heavy atom. The molecule has 0 saturated heterocycles. The van der Waals surface area contributed by atoms with Crippen LogP contribution in [0, 0.1) is 13.8 Å². The van der Waals surface area contributed by atoms with E-state index in [0.717, 1.165) is 41.7 Å². The van der Waals surface area contributed by atoms with Crippen molar-refractivity contribution in [2.24, 2.45) is 4.99 Å². The molecule has 2 aromatic heterocycles. The number of hydrogen-bond donors (Lipinski definition) is 2. The number of nitrogens with one attached hydrogen (secondary N) is 2. The highest BCUT2D eigenvalue weighted by molar-refractivity contribution is 5.80. The van der Waals surface area contributed by atoms with Crippen LogP contribution < -0.4 is 10.6 Å². The molecule has 0 saturated carbocycles. The lowest BCUT2D eigenvalue weighted by molar-refractivity contribution is 0.547. The molecule has 0 fully saturated rings. The Morgan fingerprint density at radius 3 is 2.63 bits per heavy atom. The zero-order valence-corrected chi connectivity index (χ0v) is 17.4. The van der Waals surface area contributed by atoms with Crippen LogP contribution in [0.15, 0.2) is 29.4 Å². The Kier molecular flexibility index (Phi) is 8.30. The van der Waals surface area contributed by atoms with Crippen LogP contribution in [0.4, 0.5) is 0 Å². The third kappa shape index (κ3) is 6.70. The van der Waals surface area contributed by atoms with Gasteiger partial charge in [0.05, 0.1) is 12.2 Å². The molecule has 6 nitrogen and oxygen atoms in total. The van der Waals surface area contributed by atoms with Crippen LogP contribution in [-0.4, -0.2) is 33.3 Å². The lowest BCUT2D eigenvalue weighted by Crippen LogP contribution is -2.42. The summed E-state index contributed by atoms with van der Waals surface area (Å²) in [6.45, 7) is 12.0. The molecule has 2 rings (SSSR count). The number of nitrogens with zero attached hydrogens (tertiary/aromatic N) is 4. The number of rotatable bonds is 9. The highest BCUT2D eigenvalue weighted by Gasteiger charge is 2.06. The summed E-state index contributed by atoms with van der Waals surface area (Å²) in [6.07, 6.45) is 6.83. The van der Waals surface area contributed by atoms with Gasteiger partial charge in [0.1, 0.15) is 0 Å². The first-order chi connectivity index (χ1) is 13.0. The van der Waals surface area contributed by atoms with Crippen LogP contribution in [0.25, 0.3) is 5.82 Å². The van der Waals surface area contributed by atoms with E-state index in [1.165, 1.54) is 19.3 Å². The van der Waals surface area contributed by atoms with Gasteiger partial charge in [-0.15, -0.1) is 0 Å². The highest BCUT2D eigenvalue weighted by Crippen LogP contribution is 2.11. The third-order valence-electron chi connectivity index (χ3n) is 4.42. The molecular weight excluding hydrogens is 336 g/mol. The van der Waals surface area contributed by atoms with Crippen molar-refractivity contribution < 1.29 is 0 Å². The van der Waals surface area contributed by atoms with Gasteiger partial charge in [-0.1, -0.05) is 32.3 Å². The Morgan fingerprint density at radius 1 is 1.22 bits per heavy atom. The largest absolute Gasteiger partial charge is 0.357 e. The van der Waals surface area contributed by atoms with Crippen LogP contribution >= 0.6 is 0 Å². The summed E-state index contributed by atoms with van der Waals surface area (Å²) >= 11 is 0. The second kappa shape index (κ2) is 10.7. The number of aryl methyl sites for hydroxylation is 2. The van der Waals surface area contributed by atoms with E-state index in [4.69, 9.17) is 4.99 Å². The maximum Gasteiger partial charge on any atom is 0.191 e. The van der Waals surface area contributed by atoms with Crippen LogP contribution in [0.2, 0.25) is 0 Å². The van der Waals surface area contributed by atoms with E-state index in [1.807, 2.05) is 30.8 Å². The fourth-order valence-electron chi connectivity index (χ4n) is 2.99. The number of unbranched alkanes of at least 4 members (excludes halogenated alkanes) is 2. The predicted octanol–water partition coefficient (Wildman–Crippen LogP) is 3.91. The van der Waals surface area contributed by atoms with Gasteiger partial charge in [0.2, 0.25) is 0 Å². The normalized spacial score (nSPS) is 12.9. The van der Waals surface area contributed by atoms with Crippen molar-refractivity contribution in [2.45, 2.75) is 72.9 Å². The monoisotopic (exact) mass is 370 g/mol. The fourth-order valence-corrected chi connectivity index (χ4v) is 2.99. The number of aliphatic imine (C=N–C) groups is 1. The first-order valence-electron chi connectivity index (χ1n) is 10.1. The van der Waals surface area contributed by atoms with E-state index in [9.17, 15) is 0 Å². The molecule has 2 N–H and O–H groups in total. The predicted molar refractivity (Wildman–Crippen MR) is 112 cm³/mol. The topological polar surface area (TPSA) is 67.1 Å². The molecule has 0 aromatic carbocycles. The molecule has 0 aliphatic heterocycles. The summed E-state index contributed by atoms with van der Waals surface area (Å²) in [5.74, 6) is 1.70. The van der Waals surface area contributed by atoms with Gasteiger partial charge in [0.15, 0.2) is 11.8 Å². The maximum absolute atomic E-state index is 4.71. The summed E-state index contributed by atoms with van der Waals surface area (Å²) in [4.78, 5) is 9.26. The van der Waals surface area contributed by atoms with Crippen molar-refractivity contribution in [2.75, 3.05) is 6.54 Å². The minimum absolute atomic E-state index is 0.417. The van der Waals surface area contributed by atoms with Gasteiger partial charge in [-0.05, 0) is 51.8 Å². The molecule has 0 spiro atoms. The summed E-state index contributed by atoms with van der Waals surface area (Å²) in [6, 6.07) is 6.53. The van der Waals surface area contributed by atoms with E-state index >= 15 is 0 Å². The number of pyridine rings is 1. The molecule has 0 aliphatic rings. The summed E-state index contributed by atoms with van der Waals surface area (Å²) in [5.41, 5.74) is 3.16. The third-order valence-corrected chi connectivity index (χ3v) is 4.42. The molecule has 27 heavy (non-hydrogen) atoms. The maximum atomic E-state index is 4.71. The molecule has 0 radical (unpaired) electrons. The summed E-state index contributed by atoms with van der Waals surface area (Å²) in [5, 5.41) is 11.3. The zero-order valence-electron chi connectivity index (χ0n) is 17.4.